The second-order valence-corrected chi connectivity index (χ2v) is 7.80. The highest BCUT2D eigenvalue weighted by Crippen LogP contribution is 2.14. The summed E-state index contributed by atoms with van der Waals surface area (Å²) in [5.74, 6) is 2.43. The number of hydrogen-bond donors (Lipinski definition) is 0. The van der Waals surface area contributed by atoms with Crippen molar-refractivity contribution in [3.63, 3.8) is 0 Å². The van der Waals surface area contributed by atoms with Crippen molar-refractivity contribution >= 4 is 0 Å². The van der Waals surface area contributed by atoms with Gasteiger partial charge in [-0.1, -0.05) is 54.6 Å². The normalized spacial score (nSPS) is 21.3. The fraction of sp³-hybridized carbons (Fsp3) is 0.333. The van der Waals surface area contributed by atoms with Crippen molar-refractivity contribution < 1.29 is 28.4 Å². The minimum atomic E-state index is -0.225. The van der Waals surface area contributed by atoms with E-state index in [0.29, 0.717) is 39.6 Å². The van der Waals surface area contributed by atoms with Gasteiger partial charge in [0.15, 0.2) is 19.3 Å². The highest BCUT2D eigenvalue weighted by atomic mass is 16.6. The van der Waals surface area contributed by atoms with Gasteiger partial charge in [0.2, 0.25) is 6.10 Å². The molecule has 3 aromatic carbocycles. The Hall–Kier alpha value is -3.06. The van der Waals surface area contributed by atoms with Crippen molar-refractivity contribution in [2.24, 2.45) is 0 Å². The van der Waals surface area contributed by atoms with E-state index in [1.54, 1.807) is 0 Å². The molecule has 4 rings (SSSR count). The van der Waals surface area contributed by atoms with Gasteiger partial charge >= 0.3 is 0 Å². The van der Waals surface area contributed by atoms with E-state index in [9.17, 15) is 0 Å². The van der Waals surface area contributed by atoms with Crippen molar-refractivity contribution in [3.8, 4) is 17.2 Å². The summed E-state index contributed by atoms with van der Waals surface area (Å²) in [7, 11) is 0. The molecule has 3 atom stereocenters. The Morgan fingerprint density at radius 1 is 0.576 bits per heavy atom. The number of para-hydroxylation sites is 3. The Morgan fingerprint density at radius 3 is 1.58 bits per heavy atom. The van der Waals surface area contributed by atoms with Crippen LogP contribution >= 0.6 is 0 Å². The van der Waals surface area contributed by atoms with Gasteiger partial charge in [0.1, 0.15) is 43.2 Å². The van der Waals surface area contributed by atoms with Crippen molar-refractivity contribution in [2.75, 3.05) is 39.6 Å². The van der Waals surface area contributed by atoms with Crippen LogP contribution in [-0.4, -0.2) is 62.7 Å². The molecule has 0 amide bonds. The lowest BCUT2D eigenvalue weighted by atomic mass is 10.3. The third-order valence-electron chi connectivity index (χ3n) is 5.15. The Kier molecular flexibility index (Phi) is 8.99. The van der Waals surface area contributed by atoms with Gasteiger partial charge in [0.25, 0.3) is 0 Å². The quantitative estimate of drug-likeness (QED) is 0.462. The van der Waals surface area contributed by atoms with E-state index in [0.717, 1.165) is 17.2 Å². The molecule has 0 bridgehead atoms. The van der Waals surface area contributed by atoms with Gasteiger partial charge in [-0.15, -0.1) is 0 Å². The van der Waals surface area contributed by atoms with E-state index >= 15 is 0 Å². The largest absolute Gasteiger partial charge is 0.491 e. The lowest BCUT2D eigenvalue weighted by Crippen LogP contribution is -2.35. The van der Waals surface area contributed by atoms with E-state index in [1.165, 1.54) is 0 Å². The maximum atomic E-state index is 6.13. The Morgan fingerprint density at radius 2 is 1.03 bits per heavy atom. The molecule has 1 fully saturated rings. The van der Waals surface area contributed by atoms with Crippen LogP contribution in [0.4, 0.5) is 0 Å². The highest BCUT2D eigenvalue weighted by Gasteiger charge is 2.27. The summed E-state index contributed by atoms with van der Waals surface area (Å²) in [5.41, 5.74) is 0. The molecular formula is C27H31O6+. The summed E-state index contributed by atoms with van der Waals surface area (Å²) in [4.78, 5) is 0. The summed E-state index contributed by atoms with van der Waals surface area (Å²) in [6, 6.07) is 29.2. The van der Waals surface area contributed by atoms with Crippen molar-refractivity contribution in [1.82, 2.24) is 0 Å². The maximum absolute atomic E-state index is 6.13. The molecule has 1 aliphatic heterocycles. The smallest absolute Gasteiger partial charge is 0.213 e. The molecule has 33 heavy (non-hydrogen) atoms. The molecular weight excluding hydrogens is 420 g/mol. The standard InChI is InChI=1S/C27H30O6/c1-4-10-22(11-5-1)28-16-25-19-32-27(18-30-24-14-8-3-9-15-24)21-33-26(20-31-25)17-29-23-12-6-2-7-13-23/h1-15,25-27H,16-21H2/p+1. The molecule has 3 aromatic rings. The fourth-order valence-corrected chi connectivity index (χ4v) is 3.33. The zero-order chi connectivity index (χ0) is 22.6. The number of benzene rings is 3. The number of ether oxygens (including phenoxy) is 6. The van der Waals surface area contributed by atoms with Crippen molar-refractivity contribution in [3.05, 3.63) is 91.0 Å². The molecule has 6 nitrogen and oxygen atoms in total. The van der Waals surface area contributed by atoms with Gasteiger partial charge in [-0.3, -0.25) is 0 Å². The van der Waals surface area contributed by atoms with Gasteiger partial charge < -0.3 is 28.4 Å². The highest BCUT2D eigenvalue weighted by molar-refractivity contribution is 5.22. The van der Waals surface area contributed by atoms with Crippen LogP contribution in [0.5, 0.6) is 17.2 Å². The maximum Gasteiger partial charge on any atom is 0.213 e. The van der Waals surface area contributed by atoms with Gasteiger partial charge in [-0.25, -0.2) is 0 Å². The van der Waals surface area contributed by atoms with Crippen LogP contribution in [0.2, 0.25) is 0 Å². The minimum absolute atomic E-state index is 0.120. The number of aliphatic hydroxyl groups is 2. The molecule has 6 heteroatoms. The monoisotopic (exact) mass is 451 g/mol. The average molecular weight is 452 g/mol. The molecule has 1 saturated heterocycles. The Balaban J connectivity index is 1.35. The van der Waals surface area contributed by atoms with Crippen LogP contribution < -0.4 is 14.2 Å². The van der Waals surface area contributed by atoms with E-state index in [2.05, 4.69) is 0 Å². The average Bonchev–Trinajstić information content (AvgIpc) is 2.97. The first kappa shape index (κ1) is 23.1. The second-order valence-electron chi connectivity index (χ2n) is 7.80. The fourth-order valence-electron chi connectivity index (χ4n) is 3.33. The molecule has 0 aromatic heterocycles. The lowest BCUT2D eigenvalue weighted by molar-refractivity contribution is -0.167. The third kappa shape index (κ3) is 8.09. The first-order valence-corrected chi connectivity index (χ1v) is 11.3. The molecule has 1 aliphatic rings. The van der Waals surface area contributed by atoms with Gasteiger partial charge in [-0.05, 0) is 36.4 Å². The predicted molar refractivity (Wildman–Crippen MR) is 126 cm³/mol. The summed E-state index contributed by atoms with van der Waals surface area (Å²) < 4.78 is 34.8. The van der Waals surface area contributed by atoms with E-state index in [4.69, 9.17) is 28.4 Å². The zero-order valence-electron chi connectivity index (χ0n) is 18.6. The molecule has 0 aliphatic carbocycles. The molecule has 174 valence electrons. The van der Waals surface area contributed by atoms with Crippen LogP contribution in [0, 0.1) is 0 Å². The number of rotatable bonds is 9. The third-order valence-corrected chi connectivity index (χ3v) is 5.15. The summed E-state index contributed by atoms with van der Waals surface area (Å²) in [6.45, 7) is 2.57. The lowest BCUT2D eigenvalue weighted by Gasteiger charge is -2.19. The molecule has 1 heterocycles. The van der Waals surface area contributed by atoms with Crippen LogP contribution in [0.1, 0.15) is 0 Å². The topological polar surface area (TPSA) is 59.0 Å². The van der Waals surface area contributed by atoms with Gasteiger partial charge in [0, 0.05) is 0 Å². The molecule has 3 unspecified atom stereocenters. The van der Waals surface area contributed by atoms with Crippen LogP contribution in [-0.2, 0) is 9.47 Å². The number of hydrogen-bond acceptors (Lipinski definition) is 5. The van der Waals surface area contributed by atoms with E-state index in [1.807, 2.05) is 91.0 Å². The van der Waals surface area contributed by atoms with E-state index < -0.39 is 0 Å². The molecule has 0 radical (unpaired) electrons. The molecule has 0 saturated carbocycles. The van der Waals surface area contributed by atoms with Crippen molar-refractivity contribution in [1.29, 1.82) is 0 Å². The Labute approximate surface area is 195 Å². The van der Waals surface area contributed by atoms with Gasteiger partial charge in [0.05, 0.1) is 6.61 Å². The Bertz CT molecular complexity index is 771. The summed E-state index contributed by atoms with van der Waals surface area (Å²) >= 11 is 0. The first-order valence-electron chi connectivity index (χ1n) is 11.3. The summed E-state index contributed by atoms with van der Waals surface area (Å²) in [5, 5.41) is 0. The zero-order valence-corrected chi connectivity index (χ0v) is 18.6. The second kappa shape index (κ2) is 12.8. The van der Waals surface area contributed by atoms with Gasteiger partial charge in [-0.2, -0.15) is 0 Å². The molecule has 0 spiro atoms. The van der Waals surface area contributed by atoms with Crippen molar-refractivity contribution in [2.45, 2.75) is 18.3 Å². The minimum Gasteiger partial charge on any atom is -0.491 e. The van der Waals surface area contributed by atoms with E-state index in [-0.39, 0.29) is 18.3 Å². The first-order chi connectivity index (χ1) is 16.3. The predicted octanol–water partition coefficient (Wildman–Crippen LogP) is 3.90. The molecule has 1 N–H and O–H groups in total. The van der Waals surface area contributed by atoms with Crippen LogP contribution in [0.3, 0.4) is 0 Å². The van der Waals surface area contributed by atoms with Crippen LogP contribution in [0.15, 0.2) is 91.0 Å². The SMILES string of the molecule is c1ccc(OCC2COC(COc3ccccc3)C[OH+]C(COc3ccccc3)CO2)cc1. The summed E-state index contributed by atoms with van der Waals surface area (Å²) in [6.07, 6.45) is -0.535. The van der Waals surface area contributed by atoms with Crippen LogP contribution in [0.25, 0.3) is 0 Å².